The third kappa shape index (κ3) is 3.82. The number of carbonyl (C=O) groups excluding carboxylic acids is 1. The number of carbonyl (C=O) groups is 1. The van der Waals surface area contributed by atoms with Gasteiger partial charge in [0.25, 0.3) is 0 Å². The van der Waals surface area contributed by atoms with Gasteiger partial charge in [-0.25, -0.2) is 9.18 Å². The zero-order valence-corrected chi connectivity index (χ0v) is 14.0. The Kier molecular flexibility index (Phi) is 4.40. The molecule has 2 amide bonds. The monoisotopic (exact) mass is 339 g/mol. The van der Waals surface area contributed by atoms with Crippen LogP contribution in [0.25, 0.3) is 0 Å². The van der Waals surface area contributed by atoms with E-state index in [4.69, 9.17) is 0 Å². The average Bonchev–Trinajstić information content (AvgIpc) is 3.36. The molecule has 1 saturated carbocycles. The van der Waals surface area contributed by atoms with Gasteiger partial charge in [0, 0.05) is 43.2 Å². The number of nitrogens with zero attached hydrogens (tertiary/aromatic N) is 1. The maximum absolute atomic E-state index is 12.9. The molecule has 130 valence electrons. The molecule has 0 aromatic heterocycles. The summed E-state index contributed by atoms with van der Waals surface area (Å²) < 4.78 is 12.9. The number of urea groups is 1. The summed E-state index contributed by atoms with van der Waals surface area (Å²) in [6.07, 6.45) is 1.20. The van der Waals surface area contributed by atoms with Crippen molar-refractivity contribution in [1.29, 1.82) is 0 Å². The van der Waals surface area contributed by atoms with Crippen LogP contribution in [0.2, 0.25) is 0 Å². The number of benzene rings is 2. The smallest absolute Gasteiger partial charge is 0.321 e. The number of halogens is 1. The van der Waals surface area contributed by atoms with Crippen LogP contribution in [-0.2, 0) is 0 Å². The number of nitrogens with one attached hydrogen (secondary N) is 2. The maximum Gasteiger partial charge on any atom is 0.321 e. The van der Waals surface area contributed by atoms with Crippen molar-refractivity contribution < 1.29 is 9.18 Å². The molecule has 2 aromatic carbocycles. The van der Waals surface area contributed by atoms with Crippen LogP contribution in [0.3, 0.4) is 0 Å². The molecule has 25 heavy (non-hydrogen) atoms. The fourth-order valence-electron chi connectivity index (χ4n) is 3.41. The van der Waals surface area contributed by atoms with Crippen LogP contribution in [0.4, 0.5) is 14.9 Å². The summed E-state index contributed by atoms with van der Waals surface area (Å²) in [6.45, 7) is 2.49. The Morgan fingerprint density at radius 1 is 1.08 bits per heavy atom. The van der Waals surface area contributed by atoms with E-state index in [1.807, 2.05) is 6.07 Å². The van der Waals surface area contributed by atoms with Crippen molar-refractivity contribution in [2.75, 3.05) is 25.0 Å². The summed E-state index contributed by atoms with van der Waals surface area (Å²) in [7, 11) is 0. The average molecular weight is 339 g/mol. The molecule has 2 fully saturated rings. The van der Waals surface area contributed by atoms with Crippen LogP contribution < -0.4 is 10.6 Å². The van der Waals surface area contributed by atoms with Gasteiger partial charge in [0.1, 0.15) is 5.82 Å². The number of rotatable bonds is 5. The van der Waals surface area contributed by atoms with E-state index in [1.54, 1.807) is 17.0 Å². The van der Waals surface area contributed by atoms with Crippen molar-refractivity contribution in [1.82, 2.24) is 10.2 Å². The summed E-state index contributed by atoms with van der Waals surface area (Å²) in [6, 6.07) is 16.9. The second-order valence-corrected chi connectivity index (χ2v) is 6.98. The van der Waals surface area contributed by atoms with E-state index in [0.717, 1.165) is 19.6 Å². The molecular weight excluding hydrogens is 317 g/mol. The van der Waals surface area contributed by atoms with Gasteiger partial charge in [-0.3, -0.25) is 0 Å². The van der Waals surface area contributed by atoms with Gasteiger partial charge in [-0.1, -0.05) is 30.3 Å². The summed E-state index contributed by atoms with van der Waals surface area (Å²) in [4.78, 5) is 13.9. The normalized spacial score (nSPS) is 22.4. The molecule has 2 aliphatic rings. The molecular formula is C20H22FN3O. The van der Waals surface area contributed by atoms with E-state index in [0.29, 0.717) is 23.6 Å². The Morgan fingerprint density at radius 3 is 2.52 bits per heavy atom. The molecule has 0 bridgehead atoms. The minimum Gasteiger partial charge on any atom is -0.324 e. The van der Waals surface area contributed by atoms with Crippen molar-refractivity contribution in [2.45, 2.75) is 18.4 Å². The Morgan fingerprint density at radius 2 is 1.80 bits per heavy atom. The molecule has 2 N–H and O–H groups in total. The van der Waals surface area contributed by atoms with Crippen molar-refractivity contribution in [3.05, 3.63) is 66.0 Å². The van der Waals surface area contributed by atoms with Gasteiger partial charge in [0.2, 0.25) is 0 Å². The summed E-state index contributed by atoms with van der Waals surface area (Å²) >= 11 is 0. The summed E-state index contributed by atoms with van der Waals surface area (Å²) in [5.74, 6) is 0.845. The molecule has 5 heteroatoms. The predicted molar refractivity (Wildman–Crippen MR) is 96.1 cm³/mol. The Balaban J connectivity index is 1.16. The lowest BCUT2D eigenvalue weighted by atomic mass is 10.0. The molecule has 1 saturated heterocycles. The van der Waals surface area contributed by atoms with Crippen molar-refractivity contribution >= 4 is 11.7 Å². The molecule has 1 heterocycles. The molecule has 4 nitrogen and oxygen atoms in total. The van der Waals surface area contributed by atoms with Gasteiger partial charge < -0.3 is 15.5 Å². The highest BCUT2D eigenvalue weighted by atomic mass is 19.1. The lowest BCUT2D eigenvalue weighted by molar-refractivity contribution is 0.129. The Hall–Kier alpha value is -2.40. The fourth-order valence-corrected chi connectivity index (χ4v) is 3.41. The van der Waals surface area contributed by atoms with Gasteiger partial charge in [-0.05, 0) is 36.2 Å². The molecule has 0 unspecified atom stereocenters. The van der Waals surface area contributed by atoms with Crippen molar-refractivity contribution in [2.24, 2.45) is 5.92 Å². The zero-order chi connectivity index (χ0) is 17.2. The lowest BCUT2D eigenvalue weighted by Gasteiger charge is -2.39. The number of amides is 2. The van der Waals surface area contributed by atoms with E-state index in [2.05, 4.69) is 34.9 Å². The van der Waals surface area contributed by atoms with Crippen LogP contribution in [0.5, 0.6) is 0 Å². The molecule has 2 atom stereocenters. The first-order valence-corrected chi connectivity index (χ1v) is 8.79. The SMILES string of the molecule is O=C(Nc1ccc(F)cc1)N1CC(CN[C@@H]2C[C@H]2c2ccccc2)C1. The predicted octanol–water partition coefficient (Wildman–Crippen LogP) is 3.44. The van der Waals surface area contributed by atoms with Gasteiger partial charge in [0.15, 0.2) is 0 Å². The highest BCUT2D eigenvalue weighted by Crippen LogP contribution is 2.40. The fraction of sp³-hybridized carbons (Fsp3) is 0.350. The van der Waals surface area contributed by atoms with Crippen LogP contribution in [0.15, 0.2) is 54.6 Å². The maximum atomic E-state index is 12.9. The van der Waals surface area contributed by atoms with Crippen LogP contribution in [-0.4, -0.2) is 36.6 Å². The van der Waals surface area contributed by atoms with Crippen molar-refractivity contribution in [3.63, 3.8) is 0 Å². The second kappa shape index (κ2) is 6.84. The number of anilines is 1. The molecule has 0 radical (unpaired) electrons. The van der Waals surface area contributed by atoms with Crippen molar-refractivity contribution in [3.8, 4) is 0 Å². The highest BCUT2D eigenvalue weighted by molar-refractivity contribution is 5.89. The van der Waals surface area contributed by atoms with Gasteiger partial charge >= 0.3 is 6.03 Å². The van der Waals surface area contributed by atoms with Gasteiger partial charge in [-0.15, -0.1) is 0 Å². The third-order valence-electron chi connectivity index (χ3n) is 5.03. The van der Waals surface area contributed by atoms with E-state index in [1.165, 1.54) is 24.1 Å². The molecule has 4 rings (SSSR count). The minimum absolute atomic E-state index is 0.114. The molecule has 2 aromatic rings. The topological polar surface area (TPSA) is 44.4 Å². The van der Waals surface area contributed by atoms with E-state index >= 15 is 0 Å². The lowest BCUT2D eigenvalue weighted by Crippen LogP contribution is -2.54. The van der Waals surface area contributed by atoms with E-state index in [9.17, 15) is 9.18 Å². The van der Waals surface area contributed by atoms with Crippen LogP contribution in [0, 0.1) is 11.7 Å². The quantitative estimate of drug-likeness (QED) is 0.876. The minimum atomic E-state index is -0.304. The van der Waals surface area contributed by atoms with Gasteiger partial charge in [0.05, 0.1) is 0 Å². The first-order valence-electron chi connectivity index (χ1n) is 8.79. The number of hydrogen-bond donors (Lipinski definition) is 2. The Bertz CT molecular complexity index is 728. The van der Waals surface area contributed by atoms with Crippen LogP contribution in [0.1, 0.15) is 17.9 Å². The number of likely N-dealkylation sites (tertiary alicyclic amines) is 1. The second-order valence-electron chi connectivity index (χ2n) is 6.98. The van der Waals surface area contributed by atoms with E-state index < -0.39 is 0 Å². The number of hydrogen-bond acceptors (Lipinski definition) is 2. The largest absolute Gasteiger partial charge is 0.324 e. The summed E-state index contributed by atoms with van der Waals surface area (Å²) in [5.41, 5.74) is 2.03. The Labute approximate surface area is 147 Å². The molecule has 0 spiro atoms. The first-order chi connectivity index (χ1) is 12.2. The van der Waals surface area contributed by atoms with Crippen LogP contribution >= 0.6 is 0 Å². The highest BCUT2D eigenvalue weighted by Gasteiger charge is 2.39. The molecule has 1 aliphatic carbocycles. The summed E-state index contributed by atoms with van der Waals surface area (Å²) in [5, 5.41) is 6.42. The molecule has 1 aliphatic heterocycles. The van der Waals surface area contributed by atoms with Gasteiger partial charge in [-0.2, -0.15) is 0 Å². The van der Waals surface area contributed by atoms with E-state index in [-0.39, 0.29) is 11.8 Å². The first kappa shape index (κ1) is 16.1. The zero-order valence-electron chi connectivity index (χ0n) is 14.0. The third-order valence-corrected chi connectivity index (χ3v) is 5.03. The standard InChI is InChI=1S/C20H22FN3O/c21-16-6-8-17(9-7-16)23-20(25)24-12-14(13-24)11-22-19-10-18(19)15-4-2-1-3-5-15/h1-9,14,18-19,22H,10-13H2,(H,23,25)/t18-,19+/m0/s1.